The molecule has 3 N–H and O–H groups in total. The van der Waals surface area contributed by atoms with Crippen molar-refractivity contribution in [3.63, 3.8) is 0 Å². The van der Waals surface area contributed by atoms with E-state index in [0.29, 0.717) is 6.04 Å². The van der Waals surface area contributed by atoms with Crippen molar-refractivity contribution in [3.05, 3.63) is 35.9 Å². The van der Waals surface area contributed by atoms with Crippen LogP contribution in [0.2, 0.25) is 0 Å². The normalized spacial score (nSPS) is 22.1. The minimum Gasteiger partial charge on any atom is -0.370 e. The van der Waals surface area contributed by atoms with Gasteiger partial charge in [0.2, 0.25) is 0 Å². The molecule has 5 heteroatoms. The molecule has 1 aromatic rings. The topological polar surface area (TPSA) is 54.8 Å². The summed E-state index contributed by atoms with van der Waals surface area (Å²) in [5.74, 6) is 0. The molecule has 1 aromatic carbocycles. The van der Waals surface area contributed by atoms with Crippen LogP contribution in [0.15, 0.2) is 30.3 Å². The highest BCUT2D eigenvalue weighted by molar-refractivity contribution is 5.74. The van der Waals surface area contributed by atoms with Crippen LogP contribution in [0.25, 0.3) is 0 Å². The summed E-state index contributed by atoms with van der Waals surface area (Å²) < 4.78 is 5.53. The van der Waals surface area contributed by atoms with Crippen LogP contribution in [-0.2, 0) is 4.74 Å². The number of quaternary nitrogens is 1. The molecule has 138 valence electrons. The molecule has 25 heavy (non-hydrogen) atoms. The largest absolute Gasteiger partial charge is 0.370 e. The second-order valence-corrected chi connectivity index (χ2v) is 7.40. The van der Waals surface area contributed by atoms with E-state index in [1.165, 1.54) is 29.7 Å². The van der Waals surface area contributed by atoms with Gasteiger partial charge in [0, 0.05) is 11.6 Å². The van der Waals surface area contributed by atoms with Crippen molar-refractivity contribution >= 4 is 6.03 Å². The molecule has 2 amide bonds. The Balaban J connectivity index is 1.63. The molecule has 0 aromatic heterocycles. The number of carbonyl (C=O) groups excluding carboxylic acids is 1. The van der Waals surface area contributed by atoms with Gasteiger partial charge in [0.15, 0.2) is 0 Å². The lowest BCUT2D eigenvalue weighted by atomic mass is 9.95. The summed E-state index contributed by atoms with van der Waals surface area (Å²) in [6.45, 7) is 5.67. The number of hydrogen-bond donors (Lipinski definition) is 3. The maximum Gasteiger partial charge on any atom is 0.315 e. The lowest BCUT2D eigenvalue weighted by Crippen LogP contribution is -3.15. The van der Waals surface area contributed by atoms with E-state index in [1.54, 1.807) is 0 Å². The molecular weight excluding hydrogens is 314 g/mol. The van der Waals surface area contributed by atoms with Crippen molar-refractivity contribution in [2.24, 2.45) is 0 Å². The van der Waals surface area contributed by atoms with Crippen LogP contribution in [-0.4, -0.2) is 44.4 Å². The predicted octanol–water partition coefficient (Wildman–Crippen LogP) is 1.66. The zero-order valence-corrected chi connectivity index (χ0v) is 15.3. The molecular formula is C20H32N3O2+. The van der Waals surface area contributed by atoms with Gasteiger partial charge in [-0.15, -0.1) is 0 Å². The third-order valence-corrected chi connectivity index (χ3v) is 5.53. The van der Waals surface area contributed by atoms with E-state index >= 15 is 0 Å². The van der Waals surface area contributed by atoms with Gasteiger partial charge in [0.05, 0.1) is 19.3 Å². The second-order valence-electron chi connectivity index (χ2n) is 7.40. The smallest absolute Gasteiger partial charge is 0.315 e. The Hall–Kier alpha value is -1.59. The van der Waals surface area contributed by atoms with Crippen LogP contribution in [0, 0.1) is 0 Å². The van der Waals surface area contributed by atoms with Gasteiger partial charge in [-0.2, -0.15) is 0 Å². The Labute approximate surface area is 151 Å². The fourth-order valence-corrected chi connectivity index (χ4v) is 4.25. The zero-order chi connectivity index (χ0) is 17.5. The Kier molecular flexibility index (Phi) is 6.70. The predicted molar refractivity (Wildman–Crippen MR) is 98.7 cm³/mol. The van der Waals surface area contributed by atoms with Crippen molar-refractivity contribution in [2.45, 2.75) is 57.2 Å². The summed E-state index contributed by atoms with van der Waals surface area (Å²) in [6.07, 6.45) is 5.97. The Bertz CT molecular complexity index is 525. The van der Waals surface area contributed by atoms with Gasteiger partial charge in [-0.1, -0.05) is 49.6 Å². The number of ether oxygens (including phenoxy) is 1. The molecule has 5 nitrogen and oxygen atoms in total. The van der Waals surface area contributed by atoms with Crippen LogP contribution in [0.3, 0.4) is 0 Å². The molecule has 0 radical (unpaired) electrons. The molecule has 2 fully saturated rings. The lowest BCUT2D eigenvalue weighted by molar-refractivity contribution is -0.940. The third-order valence-electron chi connectivity index (χ3n) is 5.53. The summed E-state index contributed by atoms with van der Waals surface area (Å²) in [7, 11) is 0. The molecule has 0 spiro atoms. The Morgan fingerprint density at radius 3 is 2.48 bits per heavy atom. The highest BCUT2D eigenvalue weighted by Gasteiger charge is 2.32. The van der Waals surface area contributed by atoms with E-state index in [0.717, 1.165) is 39.1 Å². The van der Waals surface area contributed by atoms with Crippen LogP contribution in [0.4, 0.5) is 4.79 Å². The first-order chi connectivity index (χ1) is 12.2. The number of amides is 2. The van der Waals surface area contributed by atoms with E-state index in [9.17, 15) is 4.79 Å². The molecule has 2 atom stereocenters. The monoisotopic (exact) mass is 346 g/mol. The first-order valence-electron chi connectivity index (χ1n) is 9.78. The average Bonchev–Trinajstić information content (AvgIpc) is 2.64. The van der Waals surface area contributed by atoms with Gasteiger partial charge in [0.25, 0.3) is 0 Å². The van der Waals surface area contributed by atoms with Crippen molar-refractivity contribution in [3.8, 4) is 0 Å². The molecule has 3 rings (SSSR count). The molecule has 1 saturated heterocycles. The van der Waals surface area contributed by atoms with Gasteiger partial charge in [-0.05, 0) is 19.8 Å². The van der Waals surface area contributed by atoms with Gasteiger partial charge in [-0.25, -0.2) is 4.79 Å². The van der Waals surface area contributed by atoms with Crippen LogP contribution >= 0.6 is 0 Å². The van der Waals surface area contributed by atoms with Crippen molar-refractivity contribution in [1.29, 1.82) is 0 Å². The van der Waals surface area contributed by atoms with Gasteiger partial charge >= 0.3 is 6.03 Å². The van der Waals surface area contributed by atoms with E-state index in [1.807, 2.05) is 6.07 Å². The number of carbonyl (C=O) groups is 1. The summed E-state index contributed by atoms with van der Waals surface area (Å²) in [6, 6.07) is 11.2. The van der Waals surface area contributed by atoms with E-state index in [-0.39, 0.29) is 18.1 Å². The fraction of sp³-hybridized carbons (Fsp3) is 0.650. The average molecular weight is 346 g/mol. The molecule has 1 heterocycles. The summed E-state index contributed by atoms with van der Waals surface area (Å²) in [4.78, 5) is 14.0. The fourth-order valence-electron chi connectivity index (χ4n) is 4.25. The molecule has 1 saturated carbocycles. The van der Waals surface area contributed by atoms with Crippen LogP contribution in [0.5, 0.6) is 0 Å². The van der Waals surface area contributed by atoms with E-state index in [4.69, 9.17) is 4.74 Å². The molecule has 1 aliphatic heterocycles. The molecule has 1 aliphatic carbocycles. The minimum absolute atomic E-state index is 0.0204. The standard InChI is InChI=1S/C20H31N3O2/c1-16(21-20(24)22-18-10-6-3-7-11-18)19(17-8-4-2-5-9-17)23-12-14-25-15-13-23/h2,4-5,8-9,16,18-19H,3,6-7,10-15H2,1H3,(H2,21,22,24)/p+1/t16-,19-/m1/s1. The lowest BCUT2D eigenvalue weighted by Gasteiger charge is -2.35. The second kappa shape index (κ2) is 9.20. The Morgan fingerprint density at radius 2 is 1.80 bits per heavy atom. The molecule has 0 bridgehead atoms. The number of hydrogen-bond acceptors (Lipinski definition) is 2. The van der Waals surface area contributed by atoms with E-state index < -0.39 is 0 Å². The third kappa shape index (κ3) is 5.19. The first kappa shape index (κ1) is 18.2. The maximum absolute atomic E-state index is 12.5. The highest BCUT2D eigenvalue weighted by Crippen LogP contribution is 2.18. The zero-order valence-electron chi connectivity index (χ0n) is 15.3. The number of nitrogens with one attached hydrogen (secondary N) is 3. The van der Waals surface area contributed by atoms with Gasteiger partial charge in [-0.3, -0.25) is 0 Å². The van der Waals surface area contributed by atoms with Crippen molar-refractivity contribution in [2.75, 3.05) is 26.3 Å². The van der Waals surface area contributed by atoms with Crippen LogP contribution < -0.4 is 15.5 Å². The maximum atomic E-state index is 12.5. The molecule has 0 unspecified atom stereocenters. The summed E-state index contributed by atoms with van der Waals surface area (Å²) in [5.41, 5.74) is 1.28. The summed E-state index contributed by atoms with van der Waals surface area (Å²) >= 11 is 0. The SMILES string of the molecule is C[C@@H](NC(=O)NC1CCCCC1)[C@H](c1ccccc1)[NH+]1CCOCC1. The first-order valence-corrected chi connectivity index (χ1v) is 9.78. The summed E-state index contributed by atoms with van der Waals surface area (Å²) in [5, 5.41) is 6.39. The quantitative estimate of drug-likeness (QED) is 0.760. The number of urea groups is 1. The number of benzene rings is 1. The highest BCUT2D eigenvalue weighted by atomic mass is 16.5. The van der Waals surface area contributed by atoms with Crippen molar-refractivity contribution in [1.82, 2.24) is 10.6 Å². The number of rotatable bonds is 5. The molecule has 2 aliphatic rings. The number of morpholine rings is 1. The van der Waals surface area contributed by atoms with E-state index in [2.05, 4.69) is 41.8 Å². The van der Waals surface area contributed by atoms with Gasteiger partial charge < -0.3 is 20.3 Å². The Morgan fingerprint density at radius 1 is 1.12 bits per heavy atom. The minimum atomic E-state index is -0.0204. The van der Waals surface area contributed by atoms with Crippen molar-refractivity contribution < 1.29 is 14.4 Å². The van der Waals surface area contributed by atoms with Crippen LogP contribution in [0.1, 0.15) is 50.6 Å². The van der Waals surface area contributed by atoms with Gasteiger partial charge in [0.1, 0.15) is 19.1 Å².